The molecule has 0 atom stereocenters. The number of ketones is 1. The van der Waals surface area contributed by atoms with Gasteiger partial charge in [-0.15, -0.1) is 0 Å². The van der Waals surface area contributed by atoms with Crippen LogP contribution in [-0.2, 0) is 11.0 Å². The third-order valence-electron chi connectivity index (χ3n) is 5.47. The van der Waals surface area contributed by atoms with Gasteiger partial charge in [-0.25, -0.2) is 18.7 Å². The van der Waals surface area contributed by atoms with Gasteiger partial charge in [0.25, 0.3) is 5.91 Å². The Bertz CT molecular complexity index is 1290. The van der Waals surface area contributed by atoms with Gasteiger partial charge in [-0.2, -0.15) is 13.2 Å². The lowest BCUT2D eigenvalue weighted by molar-refractivity contribution is -0.137. The first-order chi connectivity index (χ1) is 16.5. The predicted octanol–water partition coefficient (Wildman–Crippen LogP) is 4.31. The standard InChI is InChI=1S/C23H18F5N5O2/c1-33(19-3-2-15(24)7-17(19)25)20-8-18(22(35)30-9-12-4-16(34)5-12)31-21(32-20)13-6-14(11-29-10-13)23(26,27)28/h2-3,6-8,10-12H,4-5,9H2,1H3,(H,30,35). The zero-order valence-corrected chi connectivity index (χ0v) is 18.2. The Kier molecular flexibility index (Phi) is 6.46. The molecule has 1 amide bonds. The lowest BCUT2D eigenvalue weighted by Gasteiger charge is -2.24. The Hall–Kier alpha value is -3.96. The van der Waals surface area contributed by atoms with Gasteiger partial charge in [0.05, 0.1) is 11.3 Å². The van der Waals surface area contributed by atoms with Gasteiger partial charge in [0.2, 0.25) is 0 Å². The minimum absolute atomic E-state index is 0.00381. The SMILES string of the molecule is CN(c1cc(C(=O)NCC2CC(=O)C2)nc(-c2cncc(C(F)(F)F)c2)n1)c1ccc(F)cc1F. The number of hydrogen-bond donors (Lipinski definition) is 1. The van der Waals surface area contributed by atoms with E-state index in [4.69, 9.17) is 0 Å². The van der Waals surface area contributed by atoms with Crippen molar-refractivity contribution >= 4 is 23.2 Å². The van der Waals surface area contributed by atoms with Gasteiger partial charge in [0, 0.05) is 56.5 Å². The molecule has 0 aliphatic heterocycles. The average molecular weight is 491 g/mol. The summed E-state index contributed by atoms with van der Waals surface area (Å²) in [7, 11) is 1.40. The van der Waals surface area contributed by atoms with Crippen LogP contribution in [-0.4, -0.2) is 40.2 Å². The fourth-order valence-electron chi connectivity index (χ4n) is 3.50. The minimum Gasteiger partial charge on any atom is -0.350 e. The molecule has 3 aromatic rings. The van der Waals surface area contributed by atoms with Crippen LogP contribution in [0.15, 0.2) is 42.7 Å². The molecule has 1 saturated carbocycles. The van der Waals surface area contributed by atoms with E-state index in [9.17, 15) is 31.5 Å². The summed E-state index contributed by atoms with van der Waals surface area (Å²) in [5.74, 6) is -2.54. The van der Waals surface area contributed by atoms with Crippen molar-refractivity contribution in [1.82, 2.24) is 20.3 Å². The van der Waals surface area contributed by atoms with Crippen molar-refractivity contribution in [2.45, 2.75) is 19.0 Å². The molecule has 0 bridgehead atoms. The normalized spacial score (nSPS) is 13.9. The lowest BCUT2D eigenvalue weighted by Crippen LogP contribution is -2.36. The highest BCUT2D eigenvalue weighted by Gasteiger charge is 2.32. The number of benzene rings is 1. The topological polar surface area (TPSA) is 88.1 Å². The number of Topliss-reactive ketones (excluding diaryl/α,β-unsaturated/α-hetero) is 1. The summed E-state index contributed by atoms with van der Waals surface area (Å²) in [5, 5.41) is 2.64. The molecule has 7 nitrogen and oxygen atoms in total. The van der Waals surface area contributed by atoms with E-state index >= 15 is 0 Å². The molecule has 4 rings (SSSR count). The van der Waals surface area contributed by atoms with E-state index < -0.39 is 29.3 Å². The number of nitrogens with zero attached hydrogens (tertiary/aromatic N) is 4. The van der Waals surface area contributed by atoms with Crippen LogP contribution in [0.5, 0.6) is 0 Å². The van der Waals surface area contributed by atoms with Crippen molar-refractivity contribution in [3.05, 3.63) is 65.6 Å². The van der Waals surface area contributed by atoms with E-state index in [0.29, 0.717) is 25.1 Å². The Balaban J connectivity index is 1.73. The summed E-state index contributed by atoms with van der Waals surface area (Å²) < 4.78 is 67.3. The zero-order chi connectivity index (χ0) is 25.3. The second-order valence-electron chi connectivity index (χ2n) is 8.07. The van der Waals surface area contributed by atoms with Crippen LogP contribution in [0.1, 0.15) is 28.9 Å². The molecule has 1 aromatic carbocycles. The van der Waals surface area contributed by atoms with E-state index in [1.165, 1.54) is 18.0 Å². The highest BCUT2D eigenvalue weighted by Crippen LogP contribution is 2.32. The smallest absolute Gasteiger partial charge is 0.350 e. The fourth-order valence-corrected chi connectivity index (χ4v) is 3.50. The van der Waals surface area contributed by atoms with E-state index in [0.717, 1.165) is 24.4 Å². The van der Waals surface area contributed by atoms with Crippen LogP contribution in [0.3, 0.4) is 0 Å². The summed E-state index contributed by atoms with van der Waals surface area (Å²) in [6, 6.07) is 4.87. The molecule has 35 heavy (non-hydrogen) atoms. The summed E-state index contributed by atoms with van der Waals surface area (Å²) >= 11 is 0. The van der Waals surface area contributed by atoms with Crippen molar-refractivity contribution in [3.63, 3.8) is 0 Å². The molecule has 0 saturated heterocycles. The first-order valence-corrected chi connectivity index (χ1v) is 10.4. The third-order valence-corrected chi connectivity index (χ3v) is 5.47. The molecular formula is C23H18F5N5O2. The Morgan fingerprint density at radius 3 is 2.51 bits per heavy atom. The zero-order valence-electron chi connectivity index (χ0n) is 18.2. The van der Waals surface area contributed by atoms with Crippen molar-refractivity contribution in [2.24, 2.45) is 5.92 Å². The van der Waals surface area contributed by atoms with Crippen LogP contribution < -0.4 is 10.2 Å². The Morgan fingerprint density at radius 2 is 1.86 bits per heavy atom. The number of nitrogens with one attached hydrogen (secondary N) is 1. The summed E-state index contributed by atoms with van der Waals surface area (Å²) in [5.41, 5.74) is -1.43. The summed E-state index contributed by atoms with van der Waals surface area (Å²) in [4.78, 5) is 37.0. The molecule has 1 fully saturated rings. The van der Waals surface area contributed by atoms with E-state index in [1.807, 2.05) is 0 Å². The minimum atomic E-state index is -4.67. The van der Waals surface area contributed by atoms with Crippen LogP contribution in [0.2, 0.25) is 0 Å². The van der Waals surface area contributed by atoms with Crippen LogP contribution >= 0.6 is 0 Å². The Morgan fingerprint density at radius 1 is 1.11 bits per heavy atom. The number of carbonyl (C=O) groups is 2. The van der Waals surface area contributed by atoms with Gasteiger partial charge in [-0.3, -0.25) is 14.6 Å². The second kappa shape index (κ2) is 9.35. The molecule has 2 aromatic heterocycles. The van der Waals surface area contributed by atoms with E-state index in [-0.39, 0.29) is 46.8 Å². The Labute approximate surface area is 196 Å². The molecule has 12 heteroatoms. The second-order valence-corrected chi connectivity index (χ2v) is 8.07. The molecular weight excluding hydrogens is 473 g/mol. The number of amides is 1. The van der Waals surface area contributed by atoms with Crippen LogP contribution in [0.4, 0.5) is 33.5 Å². The molecule has 2 heterocycles. The number of carbonyl (C=O) groups excluding carboxylic acids is 2. The molecule has 182 valence electrons. The van der Waals surface area contributed by atoms with Crippen LogP contribution in [0, 0.1) is 17.6 Å². The van der Waals surface area contributed by atoms with E-state index in [1.54, 1.807) is 0 Å². The quantitative estimate of drug-likeness (QED) is 0.517. The number of hydrogen-bond acceptors (Lipinski definition) is 6. The number of rotatable bonds is 6. The fraction of sp³-hybridized carbons (Fsp3) is 0.261. The van der Waals surface area contributed by atoms with Gasteiger partial charge in [-0.05, 0) is 24.1 Å². The largest absolute Gasteiger partial charge is 0.417 e. The number of aromatic nitrogens is 3. The first-order valence-electron chi connectivity index (χ1n) is 10.4. The predicted molar refractivity (Wildman–Crippen MR) is 115 cm³/mol. The molecule has 1 aliphatic rings. The molecule has 1 N–H and O–H groups in total. The van der Waals surface area contributed by atoms with Crippen molar-refractivity contribution in [3.8, 4) is 11.4 Å². The lowest BCUT2D eigenvalue weighted by atomic mass is 9.84. The maximum atomic E-state index is 14.4. The number of alkyl halides is 3. The maximum Gasteiger partial charge on any atom is 0.417 e. The molecule has 0 radical (unpaired) electrons. The van der Waals surface area contributed by atoms with Gasteiger partial charge < -0.3 is 10.2 Å². The highest BCUT2D eigenvalue weighted by atomic mass is 19.4. The molecule has 1 aliphatic carbocycles. The van der Waals surface area contributed by atoms with Gasteiger partial charge >= 0.3 is 6.18 Å². The van der Waals surface area contributed by atoms with Crippen molar-refractivity contribution < 1.29 is 31.5 Å². The molecule has 0 unspecified atom stereocenters. The molecule has 0 spiro atoms. The monoisotopic (exact) mass is 491 g/mol. The van der Waals surface area contributed by atoms with Crippen molar-refractivity contribution in [1.29, 1.82) is 0 Å². The van der Waals surface area contributed by atoms with E-state index in [2.05, 4.69) is 20.3 Å². The van der Waals surface area contributed by atoms with Crippen molar-refractivity contribution in [2.75, 3.05) is 18.5 Å². The van der Waals surface area contributed by atoms with Gasteiger partial charge in [-0.1, -0.05) is 0 Å². The average Bonchev–Trinajstić information content (AvgIpc) is 2.79. The number of anilines is 2. The number of pyridine rings is 1. The van der Waals surface area contributed by atoms with Crippen LogP contribution in [0.25, 0.3) is 11.4 Å². The first kappa shape index (κ1) is 24.2. The third kappa shape index (κ3) is 5.42. The number of halogens is 5. The van der Waals surface area contributed by atoms with Gasteiger partial charge in [0.1, 0.15) is 28.9 Å². The van der Waals surface area contributed by atoms with Gasteiger partial charge in [0.15, 0.2) is 5.82 Å². The maximum absolute atomic E-state index is 14.4. The summed E-state index contributed by atoms with van der Waals surface area (Å²) in [6.45, 7) is 0.215. The summed E-state index contributed by atoms with van der Waals surface area (Å²) in [6.07, 6.45) is -2.23. The highest BCUT2D eigenvalue weighted by molar-refractivity contribution is 5.94.